The molecule has 49 heavy (non-hydrogen) atoms. The molecule has 0 bridgehead atoms. The van der Waals surface area contributed by atoms with E-state index in [4.69, 9.17) is 0 Å². The number of fused-ring (bicyclic) bond motifs is 5. The van der Waals surface area contributed by atoms with Gasteiger partial charge >= 0.3 is 0 Å². The second-order valence-corrected chi connectivity index (χ2v) is 13.9. The van der Waals surface area contributed by atoms with E-state index in [9.17, 15) is 0 Å². The Kier molecular flexibility index (Phi) is 6.78. The molecular formula is C48H37N. The maximum Gasteiger partial charge on any atom is 0.0540 e. The molecule has 0 saturated carbocycles. The SMILES string of the molecule is Cc1ccc2c(c1)-c1ccc(-c3ccc(N(c4ccc(-c5cccc6ccccc56)cc4)c4cccc5ccccc45)cc3)cc1C2(C)C. The lowest BCUT2D eigenvalue weighted by atomic mass is 9.81. The Morgan fingerprint density at radius 3 is 1.73 bits per heavy atom. The van der Waals surface area contributed by atoms with Gasteiger partial charge in [-0.1, -0.05) is 153 Å². The first-order valence-electron chi connectivity index (χ1n) is 17.2. The summed E-state index contributed by atoms with van der Waals surface area (Å²) in [4.78, 5) is 2.39. The molecule has 0 N–H and O–H groups in total. The largest absolute Gasteiger partial charge is 0.310 e. The Balaban J connectivity index is 1.12. The fraction of sp³-hybridized carbons (Fsp3) is 0.0833. The topological polar surface area (TPSA) is 3.24 Å². The van der Waals surface area contributed by atoms with Crippen LogP contribution in [-0.4, -0.2) is 0 Å². The van der Waals surface area contributed by atoms with Crippen LogP contribution < -0.4 is 4.90 Å². The minimum Gasteiger partial charge on any atom is -0.310 e. The van der Waals surface area contributed by atoms with Crippen LogP contribution in [0.2, 0.25) is 0 Å². The Hall–Kier alpha value is -5.92. The van der Waals surface area contributed by atoms with Gasteiger partial charge in [0.25, 0.3) is 0 Å². The summed E-state index contributed by atoms with van der Waals surface area (Å²) in [5.41, 5.74) is 15.2. The van der Waals surface area contributed by atoms with Crippen molar-refractivity contribution in [2.24, 2.45) is 0 Å². The molecule has 1 aliphatic rings. The molecule has 0 amide bonds. The number of hydrogen-bond donors (Lipinski definition) is 0. The van der Waals surface area contributed by atoms with Crippen molar-refractivity contribution < 1.29 is 0 Å². The highest BCUT2D eigenvalue weighted by Gasteiger charge is 2.35. The summed E-state index contributed by atoms with van der Waals surface area (Å²) in [6.07, 6.45) is 0. The van der Waals surface area contributed by atoms with Gasteiger partial charge in [-0.05, 0) is 104 Å². The van der Waals surface area contributed by atoms with Crippen molar-refractivity contribution in [2.45, 2.75) is 26.2 Å². The lowest BCUT2D eigenvalue weighted by Gasteiger charge is -2.27. The Bertz CT molecular complexity index is 2510. The number of anilines is 3. The lowest BCUT2D eigenvalue weighted by Crippen LogP contribution is -2.15. The maximum atomic E-state index is 2.41. The van der Waals surface area contributed by atoms with E-state index in [1.807, 2.05) is 0 Å². The molecule has 0 aliphatic heterocycles. The number of hydrogen-bond acceptors (Lipinski definition) is 1. The zero-order chi connectivity index (χ0) is 33.1. The fourth-order valence-electron chi connectivity index (χ4n) is 7.95. The molecule has 0 fully saturated rings. The quantitative estimate of drug-likeness (QED) is 0.183. The van der Waals surface area contributed by atoms with E-state index in [2.05, 4.69) is 196 Å². The summed E-state index contributed by atoms with van der Waals surface area (Å²) in [7, 11) is 0. The molecule has 0 heterocycles. The van der Waals surface area contributed by atoms with Gasteiger partial charge in [-0.2, -0.15) is 0 Å². The minimum atomic E-state index is -0.0301. The summed E-state index contributed by atoms with van der Waals surface area (Å²) in [6, 6.07) is 62.5. The van der Waals surface area contributed by atoms with E-state index in [0.29, 0.717) is 0 Å². The zero-order valence-corrected chi connectivity index (χ0v) is 28.1. The van der Waals surface area contributed by atoms with E-state index in [0.717, 1.165) is 17.1 Å². The van der Waals surface area contributed by atoms with Gasteiger partial charge < -0.3 is 4.90 Å². The van der Waals surface area contributed by atoms with Crippen LogP contribution in [0.1, 0.15) is 30.5 Å². The van der Waals surface area contributed by atoms with Gasteiger partial charge in [-0.25, -0.2) is 0 Å². The van der Waals surface area contributed by atoms with Crippen LogP contribution in [0.4, 0.5) is 17.1 Å². The van der Waals surface area contributed by atoms with Crippen molar-refractivity contribution in [3.63, 3.8) is 0 Å². The molecule has 0 saturated heterocycles. The molecule has 9 rings (SSSR count). The van der Waals surface area contributed by atoms with Crippen LogP contribution in [-0.2, 0) is 5.41 Å². The number of rotatable bonds is 5. The van der Waals surface area contributed by atoms with Gasteiger partial charge in [-0.3, -0.25) is 0 Å². The molecule has 0 unspecified atom stereocenters. The standard InChI is InChI=1S/C48H37N/c1-32-18-29-45-44(30-32)43-28-23-37(31-46(43)48(45,2)3)33-19-24-38(25-20-33)49(47-17-9-13-35-11-5-7-15-42(35)47)39-26-21-36(22-27-39)41-16-8-12-34-10-4-6-14-40(34)41/h4-31H,1-3H3. The molecule has 0 radical (unpaired) electrons. The van der Waals surface area contributed by atoms with E-state index in [1.165, 1.54) is 71.6 Å². The van der Waals surface area contributed by atoms with E-state index < -0.39 is 0 Å². The number of benzene rings is 8. The predicted octanol–water partition coefficient (Wildman–Crippen LogP) is 13.4. The van der Waals surface area contributed by atoms with Crippen molar-refractivity contribution in [2.75, 3.05) is 4.90 Å². The van der Waals surface area contributed by atoms with Gasteiger partial charge in [0.15, 0.2) is 0 Å². The third-order valence-electron chi connectivity index (χ3n) is 10.5. The van der Waals surface area contributed by atoms with Crippen LogP contribution in [0.5, 0.6) is 0 Å². The van der Waals surface area contributed by atoms with Crippen molar-refractivity contribution in [3.8, 4) is 33.4 Å². The summed E-state index contributed by atoms with van der Waals surface area (Å²) in [5.74, 6) is 0. The summed E-state index contributed by atoms with van der Waals surface area (Å²) in [5, 5.41) is 4.98. The Labute approximate surface area is 288 Å². The summed E-state index contributed by atoms with van der Waals surface area (Å²) < 4.78 is 0. The second-order valence-electron chi connectivity index (χ2n) is 13.9. The number of nitrogens with zero attached hydrogens (tertiary/aromatic N) is 1. The smallest absolute Gasteiger partial charge is 0.0540 e. The monoisotopic (exact) mass is 627 g/mol. The average Bonchev–Trinajstić information content (AvgIpc) is 3.37. The third kappa shape index (κ3) is 4.85. The van der Waals surface area contributed by atoms with Gasteiger partial charge in [0, 0.05) is 22.2 Å². The molecule has 1 heteroatoms. The van der Waals surface area contributed by atoms with E-state index in [1.54, 1.807) is 0 Å². The normalized spacial score (nSPS) is 13.0. The molecule has 0 aromatic heterocycles. The van der Waals surface area contributed by atoms with Crippen molar-refractivity contribution in [1.82, 2.24) is 0 Å². The predicted molar refractivity (Wildman–Crippen MR) is 209 cm³/mol. The van der Waals surface area contributed by atoms with Crippen LogP contribution in [0, 0.1) is 6.92 Å². The average molecular weight is 628 g/mol. The lowest BCUT2D eigenvalue weighted by molar-refractivity contribution is 0.660. The fourth-order valence-corrected chi connectivity index (χ4v) is 7.95. The van der Waals surface area contributed by atoms with Gasteiger partial charge in [0.2, 0.25) is 0 Å². The molecule has 1 nitrogen and oxygen atoms in total. The highest BCUT2D eigenvalue weighted by molar-refractivity contribution is 6.00. The van der Waals surface area contributed by atoms with Crippen LogP contribution >= 0.6 is 0 Å². The molecule has 1 aliphatic carbocycles. The van der Waals surface area contributed by atoms with Gasteiger partial charge in [-0.15, -0.1) is 0 Å². The highest BCUT2D eigenvalue weighted by atomic mass is 15.1. The van der Waals surface area contributed by atoms with Crippen LogP contribution in [0.3, 0.4) is 0 Å². The third-order valence-corrected chi connectivity index (χ3v) is 10.5. The summed E-state index contributed by atoms with van der Waals surface area (Å²) >= 11 is 0. The Morgan fingerprint density at radius 1 is 0.408 bits per heavy atom. The molecule has 0 atom stereocenters. The highest BCUT2D eigenvalue weighted by Crippen LogP contribution is 2.50. The van der Waals surface area contributed by atoms with Gasteiger partial charge in [0.1, 0.15) is 0 Å². The molecule has 8 aromatic rings. The molecular weight excluding hydrogens is 591 g/mol. The van der Waals surface area contributed by atoms with Crippen molar-refractivity contribution in [1.29, 1.82) is 0 Å². The minimum absolute atomic E-state index is 0.0301. The Morgan fingerprint density at radius 2 is 1.00 bits per heavy atom. The molecule has 0 spiro atoms. The van der Waals surface area contributed by atoms with Gasteiger partial charge in [0.05, 0.1) is 5.69 Å². The molecule has 8 aromatic carbocycles. The first-order chi connectivity index (χ1) is 24.0. The van der Waals surface area contributed by atoms with Crippen molar-refractivity contribution >= 4 is 38.6 Å². The molecule has 234 valence electrons. The number of aryl methyl sites for hydroxylation is 1. The first kappa shape index (κ1) is 29.2. The summed E-state index contributed by atoms with van der Waals surface area (Å²) in [6.45, 7) is 6.89. The van der Waals surface area contributed by atoms with E-state index >= 15 is 0 Å². The van der Waals surface area contributed by atoms with Crippen LogP contribution in [0.25, 0.3) is 54.9 Å². The zero-order valence-electron chi connectivity index (χ0n) is 28.1. The first-order valence-corrected chi connectivity index (χ1v) is 17.2. The maximum absolute atomic E-state index is 2.41. The second kappa shape index (κ2) is 11.4. The van der Waals surface area contributed by atoms with Crippen molar-refractivity contribution in [3.05, 3.63) is 187 Å². The van der Waals surface area contributed by atoms with Crippen LogP contribution in [0.15, 0.2) is 170 Å². The van der Waals surface area contributed by atoms with E-state index in [-0.39, 0.29) is 5.41 Å².